The fraction of sp³-hybridized carbons (Fsp3) is 0.222. The third kappa shape index (κ3) is 4.10. The number of hydrogen-bond donors (Lipinski definition) is 0. The number of amides is 1. The number of nitrogens with zero attached hydrogens (tertiary/aromatic N) is 2. The van der Waals surface area contributed by atoms with Crippen LogP contribution in [0.4, 0.5) is 5.69 Å². The number of ether oxygens (including phenoxy) is 1. The Hall–Kier alpha value is -2.82. The minimum absolute atomic E-state index is 0.0450. The normalized spacial score (nSPS) is 11.0. The lowest BCUT2D eigenvalue weighted by atomic mass is 10.1. The van der Waals surface area contributed by atoms with Crippen LogP contribution in [0.3, 0.4) is 0 Å². The summed E-state index contributed by atoms with van der Waals surface area (Å²) in [5.74, 6) is 0.898. The van der Waals surface area contributed by atoms with Gasteiger partial charge in [-0.05, 0) is 36.3 Å². The van der Waals surface area contributed by atoms with Gasteiger partial charge >= 0.3 is 0 Å². The van der Waals surface area contributed by atoms with E-state index in [0.717, 1.165) is 5.69 Å². The lowest BCUT2D eigenvalue weighted by Crippen LogP contribution is -2.30. The number of benzene rings is 2. The molecule has 1 amide bonds. The Balaban J connectivity index is 2.44. The van der Waals surface area contributed by atoms with Crippen LogP contribution in [-0.4, -0.2) is 25.5 Å². The topological polar surface area (TPSA) is 51.1 Å². The second-order valence-corrected chi connectivity index (χ2v) is 4.77. The van der Waals surface area contributed by atoms with Crippen molar-refractivity contribution in [1.82, 2.24) is 0 Å². The van der Waals surface area contributed by atoms with E-state index in [1.54, 1.807) is 4.90 Å². The first kappa shape index (κ1) is 16.5. The van der Waals surface area contributed by atoms with Gasteiger partial charge in [-0.2, -0.15) is 0 Å². The van der Waals surface area contributed by atoms with Crippen molar-refractivity contribution < 1.29 is 14.4 Å². The minimum Gasteiger partial charge on any atom is -0.436 e. The van der Waals surface area contributed by atoms with E-state index < -0.39 is 0 Å². The first-order chi connectivity index (χ1) is 11.2. The molecule has 5 nitrogen and oxygen atoms in total. The fourth-order valence-corrected chi connectivity index (χ4v) is 2.26. The molecule has 0 N–H and O–H groups in total. The maximum Gasteiger partial charge on any atom is 0.265 e. The molecule has 5 heteroatoms. The zero-order valence-corrected chi connectivity index (χ0v) is 13.5. The highest BCUT2D eigenvalue weighted by Crippen LogP contribution is 2.23. The predicted molar refractivity (Wildman–Crippen MR) is 90.8 cm³/mol. The summed E-state index contributed by atoms with van der Waals surface area (Å²) in [5, 5.41) is 3.98. The molecule has 23 heavy (non-hydrogen) atoms. The Morgan fingerprint density at radius 2 is 1.74 bits per heavy atom. The lowest BCUT2D eigenvalue weighted by Gasteiger charge is -2.22. The largest absolute Gasteiger partial charge is 0.436 e. The number of hydrogen-bond acceptors (Lipinski definition) is 4. The van der Waals surface area contributed by atoms with E-state index in [9.17, 15) is 4.79 Å². The van der Waals surface area contributed by atoms with Crippen molar-refractivity contribution in [3.05, 3.63) is 60.2 Å². The van der Waals surface area contributed by atoms with Crippen molar-refractivity contribution >= 4 is 17.5 Å². The van der Waals surface area contributed by atoms with E-state index >= 15 is 0 Å². The molecular weight excluding hydrogens is 292 g/mol. The molecule has 0 aliphatic rings. The molecule has 0 radical (unpaired) electrons. The van der Waals surface area contributed by atoms with Crippen LogP contribution < -0.4 is 9.64 Å². The van der Waals surface area contributed by atoms with Gasteiger partial charge in [0.15, 0.2) is 0 Å². The molecule has 0 saturated carbocycles. The van der Waals surface area contributed by atoms with E-state index in [4.69, 9.17) is 9.57 Å². The second kappa shape index (κ2) is 7.98. The Morgan fingerprint density at radius 1 is 1.09 bits per heavy atom. The quantitative estimate of drug-likeness (QED) is 0.483. The Bertz CT molecular complexity index is 684. The van der Waals surface area contributed by atoms with Crippen molar-refractivity contribution in [2.45, 2.75) is 13.8 Å². The molecule has 2 rings (SSSR count). The van der Waals surface area contributed by atoms with E-state index in [0.29, 0.717) is 23.8 Å². The fourth-order valence-electron chi connectivity index (χ4n) is 2.26. The molecule has 2 aromatic carbocycles. The first-order valence-corrected chi connectivity index (χ1v) is 7.39. The third-order valence-electron chi connectivity index (χ3n) is 3.25. The molecule has 0 atom stereocenters. The highest BCUT2D eigenvalue weighted by atomic mass is 16.6. The number of anilines is 1. The van der Waals surface area contributed by atoms with Crippen LogP contribution in [0.2, 0.25) is 0 Å². The van der Waals surface area contributed by atoms with Gasteiger partial charge < -0.3 is 14.5 Å². The Morgan fingerprint density at radius 3 is 2.35 bits per heavy atom. The smallest absolute Gasteiger partial charge is 0.265 e. The van der Waals surface area contributed by atoms with E-state index in [1.165, 1.54) is 14.0 Å². The molecule has 2 aromatic rings. The number of oxime groups is 1. The molecule has 0 aliphatic carbocycles. The average molecular weight is 312 g/mol. The van der Waals surface area contributed by atoms with Crippen LogP contribution >= 0.6 is 0 Å². The predicted octanol–water partition coefficient (Wildman–Crippen LogP) is 3.45. The molecule has 0 spiro atoms. The maximum atomic E-state index is 11.9. The average Bonchev–Trinajstić information content (AvgIpc) is 2.56. The number of rotatable bonds is 5. The van der Waals surface area contributed by atoms with Crippen molar-refractivity contribution in [3.8, 4) is 5.75 Å². The lowest BCUT2D eigenvalue weighted by molar-refractivity contribution is -0.116. The SMILES string of the molecule is CCN(C(C)=O)c1ccccc1C(=NOC)Oc1ccccc1. The van der Waals surface area contributed by atoms with E-state index in [2.05, 4.69) is 5.16 Å². The summed E-state index contributed by atoms with van der Waals surface area (Å²) >= 11 is 0. The number of carbonyl (C=O) groups is 1. The summed E-state index contributed by atoms with van der Waals surface area (Å²) in [6.45, 7) is 4.01. The summed E-state index contributed by atoms with van der Waals surface area (Å²) in [4.78, 5) is 18.5. The van der Waals surface area contributed by atoms with Crippen LogP contribution in [-0.2, 0) is 9.63 Å². The molecule has 120 valence electrons. The molecule has 0 aliphatic heterocycles. The number of carbonyl (C=O) groups excluding carboxylic acids is 1. The van der Waals surface area contributed by atoms with Gasteiger partial charge in [0.05, 0.1) is 11.3 Å². The van der Waals surface area contributed by atoms with Crippen LogP contribution in [0.15, 0.2) is 59.8 Å². The molecule has 0 fully saturated rings. The van der Waals surface area contributed by atoms with Gasteiger partial charge in [-0.25, -0.2) is 0 Å². The molecule has 0 unspecified atom stereocenters. The van der Waals surface area contributed by atoms with Gasteiger partial charge in [0, 0.05) is 13.5 Å². The third-order valence-corrected chi connectivity index (χ3v) is 3.25. The maximum absolute atomic E-state index is 11.9. The second-order valence-electron chi connectivity index (χ2n) is 4.77. The standard InChI is InChI=1S/C18H20N2O3/c1-4-20(14(2)21)17-13-9-8-12-16(17)18(19-22-3)23-15-10-6-5-7-11-15/h5-13H,4H2,1-3H3. The van der Waals surface area contributed by atoms with Crippen molar-refractivity contribution in [2.75, 3.05) is 18.6 Å². The van der Waals surface area contributed by atoms with Crippen molar-refractivity contribution in [3.63, 3.8) is 0 Å². The van der Waals surface area contributed by atoms with Crippen molar-refractivity contribution in [1.29, 1.82) is 0 Å². The van der Waals surface area contributed by atoms with Gasteiger partial charge in [-0.3, -0.25) is 4.79 Å². The highest BCUT2D eigenvalue weighted by molar-refractivity contribution is 6.04. The monoisotopic (exact) mass is 312 g/mol. The highest BCUT2D eigenvalue weighted by Gasteiger charge is 2.18. The van der Waals surface area contributed by atoms with Gasteiger partial charge in [0.2, 0.25) is 5.91 Å². The minimum atomic E-state index is -0.0450. The Kier molecular flexibility index (Phi) is 5.74. The van der Waals surface area contributed by atoms with Crippen LogP contribution in [0.25, 0.3) is 0 Å². The summed E-state index contributed by atoms with van der Waals surface area (Å²) < 4.78 is 5.84. The first-order valence-electron chi connectivity index (χ1n) is 7.39. The van der Waals surface area contributed by atoms with Gasteiger partial charge in [0.25, 0.3) is 5.90 Å². The number of para-hydroxylation sites is 2. The van der Waals surface area contributed by atoms with Crippen LogP contribution in [0, 0.1) is 0 Å². The zero-order chi connectivity index (χ0) is 16.7. The van der Waals surface area contributed by atoms with Gasteiger partial charge in [0.1, 0.15) is 12.9 Å². The van der Waals surface area contributed by atoms with E-state index in [-0.39, 0.29) is 5.91 Å². The summed E-state index contributed by atoms with van der Waals surface area (Å²) in [7, 11) is 1.46. The zero-order valence-electron chi connectivity index (χ0n) is 13.5. The van der Waals surface area contributed by atoms with Crippen LogP contribution in [0.5, 0.6) is 5.75 Å². The van der Waals surface area contributed by atoms with Crippen molar-refractivity contribution in [2.24, 2.45) is 5.16 Å². The summed E-state index contributed by atoms with van der Waals surface area (Å²) in [6.07, 6.45) is 0. The van der Waals surface area contributed by atoms with Gasteiger partial charge in [-0.1, -0.05) is 30.3 Å². The Labute approximate surface area is 136 Å². The summed E-state index contributed by atoms with van der Waals surface area (Å²) in [6, 6.07) is 16.8. The molecule has 0 bridgehead atoms. The van der Waals surface area contributed by atoms with Gasteiger partial charge in [-0.15, -0.1) is 0 Å². The summed E-state index contributed by atoms with van der Waals surface area (Å²) in [5.41, 5.74) is 1.42. The van der Waals surface area contributed by atoms with Crippen LogP contribution in [0.1, 0.15) is 19.4 Å². The molecular formula is C18H20N2O3. The molecule has 0 aromatic heterocycles. The molecule has 0 heterocycles. The molecule has 0 saturated heterocycles. The van der Waals surface area contributed by atoms with E-state index in [1.807, 2.05) is 61.5 Å².